The third-order valence-electron chi connectivity index (χ3n) is 2.40. The molecule has 0 saturated carbocycles. The van der Waals surface area contributed by atoms with Crippen LogP contribution in [0.1, 0.15) is 17.2 Å². The highest BCUT2D eigenvalue weighted by atomic mass is 19.4. The van der Waals surface area contributed by atoms with Crippen LogP contribution in [0, 0.1) is 0 Å². The fourth-order valence-corrected chi connectivity index (χ4v) is 1.61. The summed E-state index contributed by atoms with van der Waals surface area (Å²) in [6.07, 6.45) is -7.17. The van der Waals surface area contributed by atoms with Crippen LogP contribution in [0.2, 0.25) is 0 Å². The summed E-state index contributed by atoms with van der Waals surface area (Å²) in [5, 5.41) is 2.32. The average molecular weight is 268 g/mol. The van der Waals surface area contributed by atoms with E-state index in [2.05, 4.69) is 5.32 Å². The lowest BCUT2D eigenvalue weighted by Crippen LogP contribution is -2.33. The third kappa shape index (κ3) is 3.92. The Balaban J connectivity index is 2.98. The van der Waals surface area contributed by atoms with Crippen molar-refractivity contribution in [3.8, 4) is 0 Å². The molecule has 3 N–H and O–H groups in total. The SMILES string of the molecule is NCC(NCC(F)F)c1ccccc1C(F)(F)F. The Kier molecular flexibility index (Phi) is 5.03. The van der Waals surface area contributed by atoms with Crippen molar-refractivity contribution in [3.05, 3.63) is 35.4 Å². The Hall–Kier alpha value is -1.21. The summed E-state index contributed by atoms with van der Waals surface area (Å²) in [6, 6.07) is 3.85. The molecular formula is C11H13F5N2. The summed E-state index contributed by atoms with van der Waals surface area (Å²) in [5.74, 6) is 0. The van der Waals surface area contributed by atoms with Crippen LogP contribution in [-0.2, 0) is 6.18 Å². The van der Waals surface area contributed by atoms with E-state index in [1.165, 1.54) is 18.2 Å². The minimum atomic E-state index is -4.53. The number of rotatable bonds is 5. The summed E-state index contributed by atoms with van der Waals surface area (Å²) in [6.45, 7) is -0.895. The fourth-order valence-electron chi connectivity index (χ4n) is 1.61. The van der Waals surface area contributed by atoms with Gasteiger partial charge in [0.2, 0.25) is 0 Å². The zero-order valence-electron chi connectivity index (χ0n) is 9.35. The van der Waals surface area contributed by atoms with Gasteiger partial charge < -0.3 is 11.1 Å². The van der Waals surface area contributed by atoms with Crippen molar-refractivity contribution >= 4 is 0 Å². The lowest BCUT2D eigenvalue weighted by molar-refractivity contribution is -0.138. The van der Waals surface area contributed by atoms with E-state index in [9.17, 15) is 22.0 Å². The van der Waals surface area contributed by atoms with Gasteiger partial charge in [0.15, 0.2) is 0 Å². The van der Waals surface area contributed by atoms with Gasteiger partial charge in [-0.25, -0.2) is 8.78 Å². The summed E-state index contributed by atoms with van der Waals surface area (Å²) >= 11 is 0. The normalized spacial score (nSPS) is 13.9. The topological polar surface area (TPSA) is 38.0 Å². The van der Waals surface area contributed by atoms with Gasteiger partial charge in [-0.15, -0.1) is 0 Å². The molecule has 1 aromatic rings. The van der Waals surface area contributed by atoms with Gasteiger partial charge in [-0.2, -0.15) is 13.2 Å². The summed E-state index contributed by atoms with van der Waals surface area (Å²) < 4.78 is 62.3. The van der Waals surface area contributed by atoms with E-state index in [-0.39, 0.29) is 12.1 Å². The Bertz CT molecular complexity index is 378. The van der Waals surface area contributed by atoms with Gasteiger partial charge >= 0.3 is 6.18 Å². The Morgan fingerprint density at radius 1 is 1.17 bits per heavy atom. The molecule has 7 heteroatoms. The minimum absolute atomic E-state index is 0.117. The molecule has 2 nitrogen and oxygen atoms in total. The zero-order chi connectivity index (χ0) is 13.8. The number of halogens is 5. The van der Waals surface area contributed by atoms with Gasteiger partial charge in [0, 0.05) is 12.6 Å². The van der Waals surface area contributed by atoms with E-state index in [4.69, 9.17) is 5.73 Å². The molecule has 102 valence electrons. The van der Waals surface area contributed by atoms with Crippen LogP contribution in [0.25, 0.3) is 0 Å². The molecule has 0 spiro atoms. The zero-order valence-corrected chi connectivity index (χ0v) is 9.35. The highest BCUT2D eigenvalue weighted by molar-refractivity contribution is 5.32. The number of nitrogens with two attached hydrogens (primary N) is 1. The predicted molar refractivity (Wildman–Crippen MR) is 57.2 cm³/mol. The van der Waals surface area contributed by atoms with Crippen LogP contribution in [-0.4, -0.2) is 19.5 Å². The second-order valence-electron chi connectivity index (χ2n) is 3.67. The third-order valence-corrected chi connectivity index (χ3v) is 2.40. The van der Waals surface area contributed by atoms with Crippen LogP contribution < -0.4 is 11.1 Å². The molecule has 1 atom stereocenters. The molecule has 0 fully saturated rings. The van der Waals surface area contributed by atoms with Crippen molar-refractivity contribution in [3.63, 3.8) is 0 Å². The Morgan fingerprint density at radius 2 is 1.78 bits per heavy atom. The lowest BCUT2D eigenvalue weighted by atomic mass is 10.00. The Labute approximate surface area is 101 Å². The largest absolute Gasteiger partial charge is 0.416 e. The minimum Gasteiger partial charge on any atom is -0.329 e. The van der Waals surface area contributed by atoms with E-state index >= 15 is 0 Å². The van der Waals surface area contributed by atoms with Gasteiger partial charge in [0.05, 0.1) is 12.1 Å². The summed E-state index contributed by atoms with van der Waals surface area (Å²) in [4.78, 5) is 0. The van der Waals surface area contributed by atoms with E-state index in [1.807, 2.05) is 0 Å². The van der Waals surface area contributed by atoms with Gasteiger partial charge in [-0.05, 0) is 11.6 Å². The van der Waals surface area contributed by atoms with Crippen molar-refractivity contribution in [2.45, 2.75) is 18.6 Å². The van der Waals surface area contributed by atoms with Crippen molar-refractivity contribution in [2.24, 2.45) is 5.73 Å². The van der Waals surface area contributed by atoms with Crippen LogP contribution in [0.3, 0.4) is 0 Å². The van der Waals surface area contributed by atoms with Crippen LogP contribution >= 0.6 is 0 Å². The highest BCUT2D eigenvalue weighted by Crippen LogP contribution is 2.34. The predicted octanol–water partition coefficient (Wildman–Crippen LogP) is 2.56. The molecule has 0 amide bonds. The highest BCUT2D eigenvalue weighted by Gasteiger charge is 2.34. The molecule has 1 aromatic carbocycles. The smallest absolute Gasteiger partial charge is 0.329 e. The molecule has 1 rings (SSSR count). The van der Waals surface area contributed by atoms with Crippen molar-refractivity contribution in [1.82, 2.24) is 5.32 Å². The average Bonchev–Trinajstić information content (AvgIpc) is 2.29. The molecule has 1 unspecified atom stereocenters. The maximum absolute atomic E-state index is 12.7. The second-order valence-corrected chi connectivity index (χ2v) is 3.67. The molecule has 0 saturated heterocycles. The first kappa shape index (κ1) is 14.8. The molecule has 0 aliphatic heterocycles. The summed E-state index contributed by atoms with van der Waals surface area (Å²) in [7, 11) is 0. The molecule has 18 heavy (non-hydrogen) atoms. The summed E-state index contributed by atoms with van der Waals surface area (Å²) in [5.41, 5.74) is 4.35. The Morgan fingerprint density at radius 3 is 2.28 bits per heavy atom. The molecule has 0 radical (unpaired) electrons. The van der Waals surface area contributed by atoms with Crippen molar-refractivity contribution in [2.75, 3.05) is 13.1 Å². The van der Waals surface area contributed by atoms with Gasteiger partial charge in [0.25, 0.3) is 6.43 Å². The second kappa shape index (κ2) is 6.10. The van der Waals surface area contributed by atoms with E-state index < -0.39 is 30.8 Å². The number of hydrogen-bond donors (Lipinski definition) is 2. The number of nitrogens with one attached hydrogen (secondary N) is 1. The van der Waals surface area contributed by atoms with Crippen molar-refractivity contribution in [1.29, 1.82) is 0 Å². The van der Waals surface area contributed by atoms with Crippen LogP contribution in [0.5, 0.6) is 0 Å². The monoisotopic (exact) mass is 268 g/mol. The number of alkyl halides is 5. The molecule has 0 heterocycles. The molecule has 0 aromatic heterocycles. The maximum Gasteiger partial charge on any atom is 0.416 e. The molecule has 0 aliphatic rings. The molecular weight excluding hydrogens is 255 g/mol. The lowest BCUT2D eigenvalue weighted by Gasteiger charge is -2.21. The number of benzene rings is 1. The van der Waals surface area contributed by atoms with Gasteiger partial charge in [0.1, 0.15) is 0 Å². The molecule has 0 aliphatic carbocycles. The standard InChI is InChI=1S/C11H13F5N2/c12-10(13)6-18-9(5-17)7-3-1-2-4-8(7)11(14,15)16/h1-4,9-10,18H,5-6,17H2. The van der Waals surface area contributed by atoms with Gasteiger partial charge in [-0.1, -0.05) is 18.2 Å². The first-order valence-corrected chi connectivity index (χ1v) is 5.24. The fraction of sp³-hybridized carbons (Fsp3) is 0.455. The van der Waals surface area contributed by atoms with E-state index in [0.29, 0.717) is 0 Å². The van der Waals surface area contributed by atoms with Gasteiger partial charge in [-0.3, -0.25) is 0 Å². The quantitative estimate of drug-likeness (QED) is 0.805. The molecule has 0 bridgehead atoms. The first-order valence-electron chi connectivity index (χ1n) is 5.24. The first-order chi connectivity index (χ1) is 8.36. The maximum atomic E-state index is 12.7. The van der Waals surface area contributed by atoms with Crippen molar-refractivity contribution < 1.29 is 22.0 Å². The van der Waals surface area contributed by atoms with Crippen LogP contribution in [0.4, 0.5) is 22.0 Å². The van der Waals surface area contributed by atoms with Crippen LogP contribution in [0.15, 0.2) is 24.3 Å². The van der Waals surface area contributed by atoms with E-state index in [0.717, 1.165) is 6.07 Å². The van der Waals surface area contributed by atoms with E-state index in [1.54, 1.807) is 0 Å². The number of hydrogen-bond acceptors (Lipinski definition) is 2.